The van der Waals surface area contributed by atoms with Gasteiger partial charge in [-0.2, -0.15) is 0 Å². The van der Waals surface area contributed by atoms with Crippen LogP contribution in [-0.4, -0.2) is 28.5 Å². The SMILES string of the molecule is CCN(CC)C(C)(CC)C(N)c1ccc2ncccc2c1. The number of fused-ring (bicyclic) bond motifs is 1. The summed E-state index contributed by atoms with van der Waals surface area (Å²) in [5.41, 5.74) is 8.85. The molecule has 1 heterocycles. The van der Waals surface area contributed by atoms with Crippen molar-refractivity contribution in [1.29, 1.82) is 0 Å². The molecule has 0 radical (unpaired) electrons. The summed E-state index contributed by atoms with van der Waals surface area (Å²) in [5.74, 6) is 0. The third-order valence-corrected chi connectivity index (χ3v) is 4.86. The minimum atomic E-state index is -0.0284. The van der Waals surface area contributed by atoms with Crippen molar-refractivity contribution in [1.82, 2.24) is 9.88 Å². The van der Waals surface area contributed by atoms with E-state index in [0.717, 1.165) is 30.4 Å². The second-order valence-electron chi connectivity index (χ2n) is 5.82. The number of hydrogen-bond acceptors (Lipinski definition) is 3. The van der Waals surface area contributed by atoms with Crippen molar-refractivity contribution in [2.45, 2.75) is 45.7 Å². The minimum absolute atomic E-state index is 0.00740. The molecule has 0 saturated carbocycles. The van der Waals surface area contributed by atoms with Crippen LogP contribution in [0.5, 0.6) is 0 Å². The van der Waals surface area contributed by atoms with E-state index in [1.165, 1.54) is 5.56 Å². The molecule has 0 aliphatic carbocycles. The Morgan fingerprint density at radius 1 is 1.19 bits per heavy atom. The molecular weight excluding hydrogens is 258 g/mol. The first-order chi connectivity index (χ1) is 10.1. The van der Waals surface area contributed by atoms with Crippen molar-refractivity contribution in [3.8, 4) is 0 Å². The highest BCUT2D eigenvalue weighted by Crippen LogP contribution is 2.33. The summed E-state index contributed by atoms with van der Waals surface area (Å²) in [6, 6.07) is 10.4. The molecular formula is C18H27N3. The Morgan fingerprint density at radius 2 is 1.90 bits per heavy atom. The van der Waals surface area contributed by atoms with Crippen molar-refractivity contribution >= 4 is 10.9 Å². The second-order valence-corrected chi connectivity index (χ2v) is 5.82. The largest absolute Gasteiger partial charge is 0.322 e. The zero-order valence-corrected chi connectivity index (χ0v) is 13.6. The highest BCUT2D eigenvalue weighted by Gasteiger charge is 2.35. The maximum Gasteiger partial charge on any atom is 0.0702 e. The molecule has 3 nitrogen and oxygen atoms in total. The monoisotopic (exact) mass is 285 g/mol. The molecule has 0 amide bonds. The Hall–Kier alpha value is -1.45. The number of likely N-dealkylation sites (N-methyl/N-ethyl adjacent to an activating group) is 1. The fourth-order valence-electron chi connectivity index (χ4n) is 3.23. The molecule has 0 fully saturated rings. The molecule has 114 valence electrons. The van der Waals surface area contributed by atoms with E-state index < -0.39 is 0 Å². The number of aromatic nitrogens is 1. The number of pyridine rings is 1. The Kier molecular flexibility index (Phi) is 4.96. The molecule has 1 aromatic heterocycles. The van der Waals surface area contributed by atoms with E-state index in [9.17, 15) is 0 Å². The highest BCUT2D eigenvalue weighted by molar-refractivity contribution is 5.79. The van der Waals surface area contributed by atoms with Gasteiger partial charge >= 0.3 is 0 Å². The van der Waals surface area contributed by atoms with Gasteiger partial charge in [0.1, 0.15) is 0 Å². The second kappa shape index (κ2) is 6.54. The predicted molar refractivity (Wildman–Crippen MR) is 90.3 cm³/mol. The van der Waals surface area contributed by atoms with E-state index in [1.807, 2.05) is 12.3 Å². The van der Waals surface area contributed by atoms with Gasteiger partial charge in [-0.3, -0.25) is 9.88 Å². The standard InChI is InChI=1S/C18H27N3/c1-5-18(4,21(6-2)7-3)17(19)15-10-11-16-14(13-15)9-8-12-20-16/h8-13,17H,5-7,19H2,1-4H3. The quantitative estimate of drug-likeness (QED) is 0.879. The fourth-order valence-corrected chi connectivity index (χ4v) is 3.23. The van der Waals surface area contributed by atoms with Crippen LogP contribution in [0, 0.1) is 0 Å². The van der Waals surface area contributed by atoms with Crippen LogP contribution in [0.25, 0.3) is 10.9 Å². The first kappa shape index (κ1) is 15.9. The molecule has 1 aromatic carbocycles. The lowest BCUT2D eigenvalue weighted by Crippen LogP contribution is -2.52. The molecule has 0 bridgehead atoms. The van der Waals surface area contributed by atoms with Crippen LogP contribution < -0.4 is 5.73 Å². The smallest absolute Gasteiger partial charge is 0.0702 e. The first-order valence-corrected chi connectivity index (χ1v) is 7.92. The Bertz CT molecular complexity index is 592. The summed E-state index contributed by atoms with van der Waals surface area (Å²) in [7, 11) is 0. The van der Waals surface area contributed by atoms with Gasteiger partial charge in [-0.15, -0.1) is 0 Å². The molecule has 0 aliphatic rings. The van der Waals surface area contributed by atoms with E-state index >= 15 is 0 Å². The van der Waals surface area contributed by atoms with E-state index in [-0.39, 0.29) is 11.6 Å². The van der Waals surface area contributed by atoms with Crippen molar-refractivity contribution in [2.24, 2.45) is 5.73 Å². The van der Waals surface area contributed by atoms with Gasteiger partial charge in [-0.25, -0.2) is 0 Å². The predicted octanol–water partition coefficient (Wildman–Crippen LogP) is 3.75. The molecule has 2 unspecified atom stereocenters. The number of nitrogens with zero attached hydrogens (tertiary/aromatic N) is 2. The average molecular weight is 285 g/mol. The van der Waals surface area contributed by atoms with E-state index in [0.29, 0.717) is 0 Å². The average Bonchev–Trinajstić information content (AvgIpc) is 2.54. The molecule has 0 aliphatic heterocycles. The van der Waals surface area contributed by atoms with Gasteiger partial charge in [-0.05, 0) is 50.2 Å². The Balaban J connectivity index is 2.41. The summed E-state index contributed by atoms with van der Waals surface area (Å²) in [6.45, 7) is 10.9. The van der Waals surface area contributed by atoms with Gasteiger partial charge in [0.25, 0.3) is 0 Å². The molecule has 21 heavy (non-hydrogen) atoms. The number of hydrogen-bond donors (Lipinski definition) is 1. The summed E-state index contributed by atoms with van der Waals surface area (Å²) >= 11 is 0. The molecule has 0 spiro atoms. The van der Waals surface area contributed by atoms with Gasteiger partial charge in [-0.1, -0.05) is 32.9 Å². The molecule has 2 N–H and O–H groups in total. The Morgan fingerprint density at radius 3 is 2.52 bits per heavy atom. The van der Waals surface area contributed by atoms with Gasteiger partial charge in [0.2, 0.25) is 0 Å². The van der Waals surface area contributed by atoms with Gasteiger partial charge < -0.3 is 5.73 Å². The molecule has 2 aromatic rings. The zero-order chi connectivity index (χ0) is 15.5. The maximum absolute atomic E-state index is 6.67. The third-order valence-electron chi connectivity index (χ3n) is 4.86. The van der Waals surface area contributed by atoms with E-state index in [2.05, 4.69) is 61.8 Å². The van der Waals surface area contributed by atoms with Crippen LogP contribution >= 0.6 is 0 Å². The molecule has 0 saturated heterocycles. The molecule has 2 rings (SSSR count). The number of benzene rings is 1. The lowest BCUT2D eigenvalue weighted by atomic mass is 9.83. The van der Waals surface area contributed by atoms with Crippen LogP contribution in [-0.2, 0) is 0 Å². The topological polar surface area (TPSA) is 42.1 Å². The van der Waals surface area contributed by atoms with Gasteiger partial charge in [0.15, 0.2) is 0 Å². The van der Waals surface area contributed by atoms with Crippen LogP contribution in [0.1, 0.15) is 45.7 Å². The van der Waals surface area contributed by atoms with E-state index in [1.54, 1.807) is 0 Å². The van der Waals surface area contributed by atoms with Crippen molar-refractivity contribution < 1.29 is 0 Å². The summed E-state index contributed by atoms with van der Waals surface area (Å²) in [6.07, 6.45) is 2.86. The summed E-state index contributed by atoms with van der Waals surface area (Å²) in [4.78, 5) is 6.84. The van der Waals surface area contributed by atoms with Crippen LogP contribution in [0.15, 0.2) is 36.5 Å². The van der Waals surface area contributed by atoms with E-state index in [4.69, 9.17) is 5.73 Å². The van der Waals surface area contributed by atoms with Crippen LogP contribution in [0.3, 0.4) is 0 Å². The van der Waals surface area contributed by atoms with Crippen molar-refractivity contribution in [3.63, 3.8) is 0 Å². The summed E-state index contributed by atoms with van der Waals surface area (Å²) < 4.78 is 0. The lowest BCUT2D eigenvalue weighted by molar-refractivity contribution is 0.0845. The van der Waals surface area contributed by atoms with Crippen LogP contribution in [0.2, 0.25) is 0 Å². The van der Waals surface area contributed by atoms with Crippen molar-refractivity contribution in [2.75, 3.05) is 13.1 Å². The maximum atomic E-state index is 6.67. The Labute approximate surface area is 128 Å². The van der Waals surface area contributed by atoms with Crippen molar-refractivity contribution in [3.05, 3.63) is 42.1 Å². The lowest BCUT2D eigenvalue weighted by Gasteiger charge is -2.44. The van der Waals surface area contributed by atoms with Crippen LogP contribution in [0.4, 0.5) is 0 Å². The zero-order valence-electron chi connectivity index (χ0n) is 13.6. The number of nitrogens with two attached hydrogens (primary N) is 1. The third kappa shape index (κ3) is 2.94. The summed E-state index contributed by atoms with van der Waals surface area (Å²) in [5, 5.41) is 1.16. The fraction of sp³-hybridized carbons (Fsp3) is 0.500. The normalized spacial score (nSPS) is 16.1. The molecule has 3 heteroatoms. The molecule has 2 atom stereocenters. The number of rotatable bonds is 6. The highest BCUT2D eigenvalue weighted by atomic mass is 15.2. The van der Waals surface area contributed by atoms with Gasteiger partial charge in [0, 0.05) is 23.2 Å². The minimum Gasteiger partial charge on any atom is -0.322 e. The van der Waals surface area contributed by atoms with Gasteiger partial charge in [0.05, 0.1) is 5.52 Å². The first-order valence-electron chi connectivity index (χ1n) is 7.92.